The highest BCUT2D eigenvalue weighted by molar-refractivity contribution is 6.06. The molecule has 0 aliphatic rings. The Morgan fingerprint density at radius 1 is 1.24 bits per heavy atom. The second-order valence-corrected chi connectivity index (χ2v) is 3.53. The molecule has 1 heterocycles. The van der Waals surface area contributed by atoms with Crippen molar-refractivity contribution in [3.63, 3.8) is 0 Å². The van der Waals surface area contributed by atoms with Gasteiger partial charge in [0.25, 0.3) is 0 Å². The number of ketones is 1. The van der Waals surface area contributed by atoms with Gasteiger partial charge in [-0.25, -0.2) is 0 Å². The first-order valence-electron chi connectivity index (χ1n) is 5.17. The van der Waals surface area contributed by atoms with E-state index >= 15 is 0 Å². The Bertz CT molecular complexity index is 547. The number of phenolic OH excluding ortho intramolecular Hbond substituents is 1. The Balaban J connectivity index is 2.14. The van der Waals surface area contributed by atoms with Crippen LogP contribution in [0.5, 0.6) is 5.75 Å². The van der Waals surface area contributed by atoms with Gasteiger partial charge in [-0.05, 0) is 35.9 Å². The molecule has 1 aromatic heterocycles. The van der Waals surface area contributed by atoms with Gasteiger partial charge in [-0.3, -0.25) is 9.78 Å². The van der Waals surface area contributed by atoms with Crippen LogP contribution < -0.4 is 0 Å². The van der Waals surface area contributed by atoms with Crippen molar-refractivity contribution >= 4 is 11.9 Å². The number of aromatic nitrogens is 1. The number of carbonyl (C=O) groups excluding carboxylic acids is 1. The Hall–Kier alpha value is -2.42. The number of pyridine rings is 1. The number of nitrogens with zero attached hydrogens (tertiary/aromatic N) is 1. The van der Waals surface area contributed by atoms with Crippen LogP contribution in [0.15, 0.2) is 54.9 Å². The lowest BCUT2D eigenvalue weighted by Crippen LogP contribution is -1.93. The van der Waals surface area contributed by atoms with Gasteiger partial charge in [-0.1, -0.05) is 18.2 Å². The minimum atomic E-state index is -0.110. The molecule has 0 radical (unpaired) electrons. The Kier molecular flexibility index (Phi) is 3.31. The summed E-state index contributed by atoms with van der Waals surface area (Å²) in [4.78, 5) is 15.6. The van der Waals surface area contributed by atoms with Crippen molar-refractivity contribution in [3.8, 4) is 5.75 Å². The van der Waals surface area contributed by atoms with Crippen LogP contribution in [0.3, 0.4) is 0 Å². The van der Waals surface area contributed by atoms with Crippen molar-refractivity contribution in [2.24, 2.45) is 0 Å². The molecule has 84 valence electrons. The van der Waals surface area contributed by atoms with E-state index in [1.165, 1.54) is 12.3 Å². The molecular weight excluding hydrogens is 214 g/mol. The molecule has 0 saturated heterocycles. The van der Waals surface area contributed by atoms with E-state index in [1.54, 1.807) is 42.6 Å². The fraction of sp³-hybridized carbons (Fsp3) is 0. The van der Waals surface area contributed by atoms with E-state index in [-0.39, 0.29) is 11.5 Å². The summed E-state index contributed by atoms with van der Waals surface area (Å²) >= 11 is 0. The fourth-order valence-corrected chi connectivity index (χ4v) is 1.41. The Morgan fingerprint density at radius 3 is 2.82 bits per heavy atom. The summed E-state index contributed by atoms with van der Waals surface area (Å²) in [7, 11) is 0. The van der Waals surface area contributed by atoms with E-state index in [0.717, 1.165) is 5.56 Å². The molecule has 3 nitrogen and oxygen atoms in total. The zero-order valence-electron chi connectivity index (χ0n) is 9.08. The molecule has 0 aliphatic heterocycles. The van der Waals surface area contributed by atoms with Crippen molar-refractivity contribution in [1.29, 1.82) is 0 Å². The molecule has 0 atom stereocenters. The molecule has 2 aromatic rings. The summed E-state index contributed by atoms with van der Waals surface area (Å²) in [5.74, 6) is 0.0717. The molecule has 1 N–H and O–H groups in total. The first-order chi connectivity index (χ1) is 8.25. The lowest BCUT2D eigenvalue weighted by molar-refractivity contribution is 0.104. The van der Waals surface area contributed by atoms with E-state index < -0.39 is 0 Å². The monoisotopic (exact) mass is 225 g/mol. The van der Waals surface area contributed by atoms with Gasteiger partial charge in [-0.2, -0.15) is 0 Å². The minimum Gasteiger partial charge on any atom is -0.508 e. The molecule has 17 heavy (non-hydrogen) atoms. The molecular formula is C14H11NO2. The number of hydrogen-bond donors (Lipinski definition) is 1. The summed E-state index contributed by atoms with van der Waals surface area (Å²) in [5, 5.41) is 9.27. The van der Waals surface area contributed by atoms with Crippen LogP contribution in [-0.2, 0) is 0 Å². The van der Waals surface area contributed by atoms with Gasteiger partial charge in [0.2, 0.25) is 0 Å². The quantitative estimate of drug-likeness (QED) is 0.645. The van der Waals surface area contributed by atoms with Gasteiger partial charge < -0.3 is 5.11 Å². The predicted octanol–water partition coefficient (Wildman–Crippen LogP) is 2.68. The van der Waals surface area contributed by atoms with Crippen LogP contribution in [0.25, 0.3) is 6.08 Å². The van der Waals surface area contributed by atoms with Crippen LogP contribution in [-0.4, -0.2) is 15.9 Å². The largest absolute Gasteiger partial charge is 0.508 e. The van der Waals surface area contributed by atoms with Gasteiger partial charge in [0.1, 0.15) is 5.75 Å². The van der Waals surface area contributed by atoms with Crippen LogP contribution in [0.2, 0.25) is 0 Å². The maximum Gasteiger partial charge on any atom is 0.187 e. The first kappa shape index (κ1) is 11.1. The summed E-state index contributed by atoms with van der Waals surface area (Å²) in [6.45, 7) is 0. The second kappa shape index (κ2) is 5.07. The number of carbonyl (C=O) groups is 1. The standard InChI is InChI=1S/C14H11NO2/c16-13-5-1-3-11(9-13)6-7-14(17)12-4-2-8-15-10-12/h1-10,16H/b7-6+. The normalized spacial score (nSPS) is 10.6. The fourth-order valence-electron chi connectivity index (χ4n) is 1.41. The van der Waals surface area contributed by atoms with Crippen molar-refractivity contribution in [1.82, 2.24) is 4.98 Å². The molecule has 0 aliphatic carbocycles. The number of hydrogen-bond acceptors (Lipinski definition) is 3. The molecule has 0 fully saturated rings. The molecule has 2 rings (SSSR count). The van der Waals surface area contributed by atoms with Gasteiger partial charge in [-0.15, -0.1) is 0 Å². The van der Waals surface area contributed by atoms with Crippen LogP contribution in [0, 0.1) is 0 Å². The maximum absolute atomic E-state index is 11.7. The van der Waals surface area contributed by atoms with Gasteiger partial charge in [0, 0.05) is 18.0 Å². The van der Waals surface area contributed by atoms with E-state index in [4.69, 9.17) is 0 Å². The average Bonchev–Trinajstić information content (AvgIpc) is 2.37. The lowest BCUT2D eigenvalue weighted by Gasteiger charge is -1.95. The molecule has 0 bridgehead atoms. The molecule has 0 saturated carbocycles. The van der Waals surface area contributed by atoms with E-state index in [9.17, 15) is 9.90 Å². The Morgan fingerprint density at radius 2 is 2.12 bits per heavy atom. The number of benzene rings is 1. The third kappa shape index (κ3) is 3.01. The smallest absolute Gasteiger partial charge is 0.187 e. The van der Waals surface area contributed by atoms with Crippen LogP contribution in [0.4, 0.5) is 0 Å². The number of allylic oxidation sites excluding steroid dienone is 1. The van der Waals surface area contributed by atoms with E-state index in [1.807, 2.05) is 6.07 Å². The third-order valence-electron chi connectivity index (χ3n) is 2.24. The zero-order chi connectivity index (χ0) is 12.1. The van der Waals surface area contributed by atoms with Crippen LogP contribution in [0.1, 0.15) is 15.9 Å². The summed E-state index contributed by atoms with van der Waals surface area (Å²) < 4.78 is 0. The zero-order valence-corrected chi connectivity index (χ0v) is 9.08. The van der Waals surface area contributed by atoms with Crippen molar-refractivity contribution in [2.75, 3.05) is 0 Å². The van der Waals surface area contributed by atoms with Gasteiger partial charge >= 0.3 is 0 Å². The van der Waals surface area contributed by atoms with Crippen molar-refractivity contribution in [3.05, 3.63) is 66.0 Å². The Labute approximate surface area is 99.1 Å². The summed E-state index contributed by atoms with van der Waals surface area (Å²) in [6, 6.07) is 10.1. The third-order valence-corrected chi connectivity index (χ3v) is 2.24. The number of phenols is 1. The highest BCUT2D eigenvalue weighted by atomic mass is 16.3. The SMILES string of the molecule is O=C(/C=C/c1cccc(O)c1)c1cccnc1. The number of rotatable bonds is 3. The van der Waals surface area contributed by atoms with Crippen molar-refractivity contribution in [2.45, 2.75) is 0 Å². The van der Waals surface area contributed by atoms with Gasteiger partial charge in [0.15, 0.2) is 5.78 Å². The molecule has 1 aromatic carbocycles. The highest BCUT2D eigenvalue weighted by Gasteiger charge is 2.00. The van der Waals surface area contributed by atoms with Gasteiger partial charge in [0.05, 0.1) is 0 Å². The maximum atomic E-state index is 11.7. The summed E-state index contributed by atoms with van der Waals surface area (Å²) in [5.41, 5.74) is 1.33. The minimum absolute atomic E-state index is 0.110. The molecule has 0 amide bonds. The van der Waals surface area contributed by atoms with E-state index in [2.05, 4.69) is 4.98 Å². The van der Waals surface area contributed by atoms with Crippen molar-refractivity contribution < 1.29 is 9.90 Å². The first-order valence-corrected chi connectivity index (χ1v) is 5.17. The summed E-state index contributed by atoms with van der Waals surface area (Å²) in [6.07, 6.45) is 6.27. The molecule has 0 spiro atoms. The number of aromatic hydroxyl groups is 1. The van der Waals surface area contributed by atoms with Crippen LogP contribution >= 0.6 is 0 Å². The molecule has 3 heteroatoms. The topological polar surface area (TPSA) is 50.2 Å². The molecule has 0 unspecified atom stereocenters. The van der Waals surface area contributed by atoms with E-state index in [0.29, 0.717) is 5.56 Å². The average molecular weight is 225 g/mol. The predicted molar refractivity (Wildman–Crippen MR) is 65.7 cm³/mol. The second-order valence-electron chi connectivity index (χ2n) is 3.53. The lowest BCUT2D eigenvalue weighted by atomic mass is 10.1. The highest BCUT2D eigenvalue weighted by Crippen LogP contribution is 2.12.